The molecule has 2 fully saturated rings. The second-order valence-corrected chi connectivity index (χ2v) is 10.4. The molecule has 2 heterocycles. The van der Waals surface area contributed by atoms with Gasteiger partial charge in [0.05, 0.1) is 9.67 Å². The standard InChI is InChI=1S/C24H24N4O9S/c1-24(13-37-23(25)32)19(22(31)36-11-14-7-9-15(10-8-14)28(33)34)27-20(30)18(21(27)38-24)26-17(29)12-35-16-5-3-2-4-6-16/h2-10,18-19,21H,11-13H2,1H3,(H2,25,32)(H,26,29)/t18-,19+,21-,24+/m1/s1. The van der Waals surface area contributed by atoms with Crippen LogP contribution in [0.3, 0.4) is 0 Å². The van der Waals surface area contributed by atoms with Crippen LogP contribution >= 0.6 is 11.8 Å². The van der Waals surface area contributed by atoms with Crippen molar-refractivity contribution >= 4 is 41.3 Å². The molecule has 2 saturated heterocycles. The summed E-state index contributed by atoms with van der Waals surface area (Å²) in [4.78, 5) is 61.5. The molecule has 0 saturated carbocycles. The number of carbonyl (C=O) groups is 4. The number of carbonyl (C=O) groups excluding carboxylic acids is 4. The van der Waals surface area contributed by atoms with Crippen molar-refractivity contribution in [3.05, 3.63) is 70.3 Å². The average molecular weight is 545 g/mol. The molecule has 2 aromatic carbocycles. The van der Waals surface area contributed by atoms with Crippen LogP contribution in [-0.4, -0.2) is 69.1 Å². The number of nitrogens with one attached hydrogen (secondary N) is 1. The minimum absolute atomic E-state index is 0.111. The van der Waals surface area contributed by atoms with E-state index in [1.165, 1.54) is 40.9 Å². The maximum atomic E-state index is 13.2. The van der Waals surface area contributed by atoms with E-state index in [1.807, 2.05) is 0 Å². The van der Waals surface area contributed by atoms with E-state index < -0.39 is 51.0 Å². The fourth-order valence-electron chi connectivity index (χ4n) is 4.17. The Morgan fingerprint density at radius 1 is 1.13 bits per heavy atom. The zero-order chi connectivity index (χ0) is 27.4. The van der Waals surface area contributed by atoms with Crippen LogP contribution in [0.5, 0.6) is 5.75 Å². The average Bonchev–Trinajstić information content (AvgIpc) is 3.18. The maximum absolute atomic E-state index is 13.2. The molecule has 4 atom stereocenters. The first kappa shape index (κ1) is 26.7. The summed E-state index contributed by atoms with van der Waals surface area (Å²) in [6.45, 7) is 0.826. The number of nitro benzene ring substituents is 1. The summed E-state index contributed by atoms with van der Waals surface area (Å²) in [5.41, 5.74) is 5.51. The molecular weight excluding hydrogens is 520 g/mol. The molecule has 0 aliphatic carbocycles. The minimum atomic E-state index is -1.14. The van der Waals surface area contributed by atoms with Crippen LogP contribution in [0.25, 0.3) is 0 Å². The second kappa shape index (κ2) is 11.0. The fraction of sp³-hybridized carbons (Fsp3) is 0.333. The quantitative estimate of drug-likeness (QED) is 0.192. The van der Waals surface area contributed by atoms with Crippen LogP contribution in [0.2, 0.25) is 0 Å². The highest BCUT2D eigenvalue weighted by Crippen LogP contribution is 2.51. The number of nitrogens with zero attached hydrogens (tertiary/aromatic N) is 2. The molecule has 13 nitrogen and oxygen atoms in total. The van der Waals surface area contributed by atoms with E-state index >= 15 is 0 Å². The number of nitro groups is 1. The lowest BCUT2D eigenvalue weighted by atomic mass is 9.95. The number of para-hydroxylation sites is 1. The normalized spacial score (nSPS) is 23.6. The summed E-state index contributed by atoms with van der Waals surface area (Å²) in [6.07, 6.45) is -1.05. The Kier molecular flexibility index (Phi) is 7.71. The summed E-state index contributed by atoms with van der Waals surface area (Å²) >= 11 is 1.18. The molecule has 0 bridgehead atoms. The first-order chi connectivity index (χ1) is 18.1. The molecule has 0 aromatic heterocycles. The Bertz CT molecular complexity index is 1240. The fourth-order valence-corrected chi connectivity index (χ4v) is 5.85. The van der Waals surface area contributed by atoms with E-state index in [0.29, 0.717) is 11.3 Å². The SMILES string of the molecule is C[C@@]1(COC(N)=O)S[C@@H]2[C@H](NC(=O)COc3ccccc3)C(=O)N2[C@H]1C(=O)OCc1ccc([N+](=O)[O-])cc1. The van der Waals surface area contributed by atoms with E-state index in [-0.39, 0.29) is 25.5 Å². The number of ether oxygens (including phenoxy) is 3. The highest BCUT2D eigenvalue weighted by Gasteiger charge is 2.66. The minimum Gasteiger partial charge on any atom is -0.484 e. The molecule has 3 N–H and O–H groups in total. The van der Waals surface area contributed by atoms with Gasteiger partial charge in [0, 0.05) is 12.1 Å². The maximum Gasteiger partial charge on any atom is 0.404 e. The lowest BCUT2D eigenvalue weighted by Crippen LogP contribution is -2.71. The Morgan fingerprint density at radius 2 is 1.82 bits per heavy atom. The van der Waals surface area contributed by atoms with Gasteiger partial charge in [-0.15, -0.1) is 11.8 Å². The highest BCUT2D eigenvalue weighted by atomic mass is 32.2. The van der Waals surface area contributed by atoms with Crippen LogP contribution < -0.4 is 15.8 Å². The van der Waals surface area contributed by atoms with E-state index in [0.717, 1.165) is 0 Å². The summed E-state index contributed by atoms with van der Waals surface area (Å²) in [7, 11) is 0. The van der Waals surface area contributed by atoms with Crippen LogP contribution in [0.4, 0.5) is 10.5 Å². The number of hydrogen-bond acceptors (Lipinski definition) is 10. The first-order valence-corrected chi connectivity index (χ1v) is 12.3. The molecule has 4 rings (SSSR count). The number of benzene rings is 2. The van der Waals surface area contributed by atoms with Gasteiger partial charge >= 0.3 is 12.1 Å². The summed E-state index contributed by atoms with van der Waals surface area (Å²) in [6, 6.07) is 12.1. The molecule has 2 aliphatic heterocycles. The second-order valence-electron chi connectivity index (χ2n) is 8.76. The number of fused-ring (bicyclic) bond motifs is 1. The Balaban J connectivity index is 1.42. The number of amides is 3. The lowest BCUT2D eigenvalue weighted by Gasteiger charge is -2.43. The van der Waals surface area contributed by atoms with Crippen LogP contribution in [0.15, 0.2) is 54.6 Å². The van der Waals surface area contributed by atoms with Gasteiger partial charge < -0.3 is 30.2 Å². The first-order valence-electron chi connectivity index (χ1n) is 11.4. The van der Waals surface area contributed by atoms with Crippen molar-refractivity contribution in [3.63, 3.8) is 0 Å². The van der Waals surface area contributed by atoms with Crippen molar-refractivity contribution < 1.29 is 38.3 Å². The Labute approximate surface area is 220 Å². The number of thioether (sulfide) groups is 1. The van der Waals surface area contributed by atoms with Crippen molar-refractivity contribution in [2.75, 3.05) is 13.2 Å². The summed E-state index contributed by atoms with van der Waals surface area (Å²) in [5.74, 6) is -1.30. The third-order valence-corrected chi connectivity index (χ3v) is 7.63. The molecule has 200 valence electrons. The number of β-lactam (4-membered cyclic amide) rings is 1. The number of nitrogens with two attached hydrogens (primary N) is 1. The number of hydrogen-bond donors (Lipinski definition) is 2. The molecule has 2 aromatic rings. The van der Waals surface area contributed by atoms with Gasteiger partial charge in [-0.1, -0.05) is 18.2 Å². The molecule has 0 unspecified atom stereocenters. The van der Waals surface area contributed by atoms with Crippen molar-refractivity contribution in [2.45, 2.75) is 35.7 Å². The number of primary amides is 1. The molecule has 0 spiro atoms. The Morgan fingerprint density at radius 3 is 2.45 bits per heavy atom. The number of rotatable bonds is 10. The molecular formula is C24H24N4O9S. The third kappa shape index (κ3) is 5.64. The number of non-ortho nitro benzene ring substituents is 1. The van der Waals surface area contributed by atoms with Crippen LogP contribution in [0.1, 0.15) is 12.5 Å². The van der Waals surface area contributed by atoms with Crippen molar-refractivity contribution in [2.24, 2.45) is 5.73 Å². The molecule has 3 amide bonds. The smallest absolute Gasteiger partial charge is 0.404 e. The van der Waals surface area contributed by atoms with Gasteiger partial charge in [0.2, 0.25) is 5.91 Å². The molecule has 14 heteroatoms. The highest BCUT2D eigenvalue weighted by molar-refractivity contribution is 8.01. The zero-order valence-electron chi connectivity index (χ0n) is 20.1. The zero-order valence-corrected chi connectivity index (χ0v) is 20.9. The predicted octanol–water partition coefficient (Wildman–Crippen LogP) is 1.34. The Hall–Kier alpha value is -4.33. The van der Waals surface area contributed by atoms with Crippen molar-refractivity contribution in [3.8, 4) is 5.75 Å². The van der Waals surface area contributed by atoms with Crippen molar-refractivity contribution in [1.82, 2.24) is 10.2 Å². The van der Waals surface area contributed by atoms with E-state index in [2.05, 4.69) is 5.32 Å². The largest absolute Gasteiger partial charge is 0.484 e. The molecule has 38 heavy (non-hydrogen) atoms. The topological polar surface area (TPSA) is 180 Å². The van der Waals surface area contributed by atoms with Gasteiger partial charge in [0.25, 0.3) is 11.6 Å². The third-order valence-electron chi connectivity index (χ3n) is 6.01. The van der Waals surface area contributed by atoms with E-state index in [9.17, 15) is 29.3 Å². The van der Waals surface area contributed by atoms with Crippen LogP contribution in [-0.2, 0) is 30.5 Å². The van der Waals surface area contributed by atoms with E-state index in [1.54, 1.807) is 37.3 Å². The van der Waals surface area contributed by atoms with Gasteiger partial charge in [-0.25, -0.2) is 9.59 Å². The van der Waals surface area contributed by atoms with Crippen molar-refractivity contribution in [1.29, 1.82) is 0 Å². The number of esters is 1. The van der Waals surface area contributed by atoms with Gasteiger partial charge in [-0.05, 0) is 36.8 Å². The van der Waals surface area contributed by atoms with E-state index in [4.69, 9.17) is 19.9 Å². The van der Waals surface area contributed by atoms with Crippen LogP contribution in [0, 0.1) is 10.1 Å². The monoisotopic (exact) mass is 544 g/mol. The lowest BCUT2D eigenvalue weighted by molar-refractivity contribution is -0.384. The van der Waals surface area contributed by atoms with Gasteiger partial charge in [0.1, 0.15) is 36.4 Å². The summed E-state index contributed by atoms with van der Waals surface area (Å²) < 4.78 is 14.7. The van der Waals surface area contributed by atoms with Gasteiger partial charge in [-0.3, -0.25) is 19.7 Å². The summed E-state index contributed by atoms with van der Waals surface area (Å²) in [5, 5.41) is 12.8. The van der Waals surface area contributed by atoms with Gasteiger partial charge in [-0.2, -0.15) is 0 Å². The molecule has 2 aliphatic rings. The van der Waals surface area contributed by atoms with Gasteiger partial charge in [0.15, 0.2) is 6.61 Å². The predicted molar refractivity (Wildman–Crippen MR) is 133 cm³/mol. The molecule has 0 radical (unpaired) electrons.